The number of halogens is 1. The maximum Gasteiger partial charge on any atom is 0.321 e. The third-order valence-corrected chi connectivity index (χ3v) is 9.08. The second-order valence-corrected chi connectivity index (χ2v) is 12.9. The van der Waals surface area contributed by atoms with E-state index >= 15 is 0 Å². The third kappa shape index (κ3) is 8.13. The molecule has 1 aliphatic rings. The Morgan fingerprint density at radius 2 is 1.80 bits per heavy atom. The molecular weight excluding hydrogens is 608 g/mol. The Bertz CT molecular complexity index is 1570. The van der Waals surface area contributed by atoms with Crippen LogP contribution in [0.15, 0.2) is 71.6 Å². The minimum absolute atomic E-state index is 0.0329. The average Bonchev–Trinajstić information content (AvgIpc) is 3.04. The number of nitrogens with one attached hydrogen (secondary N) is 2. The molecule has 236 valence electrons. The molecule has 3 atom stereocenters. The standard InChI is InChI=1S/C31H37ClN4O7S/c1-20-17-36(21(2)19-37)30(38)16-22-15-25(34-44(40,41)27-12-5-23(32)6-13-27)9-14-28(22)43-29(20)18-35(3)31(39)33-24-7-10-26(42-4)11-8-24/h5-15,20-21,29,34,37H,16-19H2,1-4H3,(H,33,39)/t20-,21-,29+/m0/s1. The van der Waals surface area contributed by atoms with Gasteiger partial charge in [-0.25, -0.2) is 13.2 Å². The number of ether oxygens (including phenoxy) is 2. The molecule has 11 nitrogen and oxygen atoms in total. The fourth-order valence-electron chi connectivity index (χ4n) is 4.78. The Morgan fingerprint density at radius 3 is 2.43 bits per heavy atom. The van der Waals surface area contributed by atoms with Crippen molar-refractivity contribution in [2.75, 3.05) is 43.9 Å². The number of aliphatic hydroxyl groups excluding tert-OH is 1. The number of anilines is 2. The molecule has 0 saturated heterocycles. The minimum atomic E-state index is -3.93. The van der Waals surface area contributed by atoms with Gasteiger partial charge in [0.1, 0.15) is 17.6 Å². The SMILES string of the molecule is COc1ccc(NC(=O)N(C)C[C@H]2Oc3ccc(NS(=O)(=O)c4ccc(Cl)cc4)cc3CC(=O)N([C@@H](C)CO)C[C@@H]2C)cc1. The number of carbonyl (C=O) groups excluding carboxylic acids is 2. The lowest BCUT2D eigenvalue weighted by atomic mass is 10.0. The van der Waals surface area contributed by atoms with Gasteiger partial charge in [0.2, 0.25) is 5.91 Å². The number of hydrogen-bond acceptors (Lipinski definition) is 7. The van der Waals surface area contributed by atoms with Crippen LogP contribution >= 0.6 is 11.6 Å². The van der Waals surface area contributed by atoms with E-state index in [0.717, 1.165) is 0 Å². The van der Waals surface area contributed by atoms with Crippen LogP contribution < -0.4 is 19.5 Å². The highest BCUT2D eigenvalue weighted by Crippen LogP contribution is 2.30. The maximum absolute atomic E-state index is 13.5. The Hall–Kier alpha value is -4.00. The van der Waals surface area contributed by atoms with E-state index in [1.165, 1.54) is 29.2 Å². The first kappa shape index (κ1) is 32.9. The van der Waals surface area contributed by atoms with Gasteiger partial charge in [0.15, 0.2) is 0 Å². The van der Waals surface area contributed by atoms with Crippen LogP contribution in [0.2, 0.25) is 5.02 Å². The fourth-order valence-corrected chi connectivity index (χ4v) is 5.96. The van der Waals surface area contributed by atoms with Crippen molar-refractivity contribution in [3.05, 3.63) is 77.3 Å². The molecule has 3 amide bonds. The molecule has 3 aromatic rings. The van der Waals surface area contributed by atoms with Crippen molar-refractivity contribution in [3.63, 3.8) is 0 Å². The molecule has 4 rings (SSSR count). The molecule has 0 aliphatic carbocycles. The van der Waals surface area contributed by atoms with Crippen LogP contribution in [0.3, 0.4) is 0 Å². The van der Waals surface area contributed by atoms with Crippen molar-refractivity contribution >= 4 is 44.9 Å². The summed E-state index contributed by atoms with van der Waals surface area (Å²) in [7, 11) is -0.719. The predicted molar refractivity (Wildman–Crippen MR) is 169 cm³/mol. The first-order chi connectivity index (χ1) is 20.9. The average molecular weight is 645 g/mol. The molecule has 13 heteroatoms. The van der Waals surface area contributed by atoms with Gasteiger partial charge in [0.25, 0.3) is 10.0 Å². The molecule has 1 aliphatic heterocycles. The number of hydrogen-bond donors (Lipinski definition) is 3. The van der Waals surface area contributed by atoms with Gasteiger partial charge in [0.05, 0.1) is 37.6 Å². The number of urea groups is 1. The van der Waals surface area contributed by atoms with Gasteiger partial charge in [-0.3, -0.25) is 9.52 Å². The van der Waals surface area contributed by atoms with E-state index in [0.29, 0.717) is 27.8 Å². The molecule has 3 aromatic carbocycles. The van der Waals surface area contributed by atoms with Crippen LogP contribution in [-0.2, 0) is 21.2 Å². The number of benzene rings is 3. The number of carbonyl (C=O) groups is 2. The Balaban J connectivity index is 1.60. The summed E-state index contributed by atoms with van der Waals surface area (Å²) in [5.74, 6) is 0.581. The van der Waals surface area contributed by atoms with Crippen LogP contribution in [0.1, 0.15) is 19.4 Å². The van der Waals surface area contributed by atoms with Crippen molar-refractivity contribution in [1.29, 1.82) is 0 Å². The normalized spacial score (nSPS) is 17.7. The van der Waals surface area contributed by atoms with E-state index < -0.39 is 22.2 Å². The molecule has 0 saturated carbocycles. The summed E-state index contributed by atoms with van der Waals surface area (Å²) in [4.78, 5) is 29.7. The lowest BCUT2D eigenvalue weighted by Gasteiger charge is -2.34. The zero-order valence-electron chi connectivity index (χ0n) is 25.0. The smallest absolute Gasteiger partial charge is 0.321 e. The molecular formula is C31H37ClN4O7S. The van der Waals surface area contributed by atoms with Gasteiger partial charge < -0.3 is 29.7 Å². The van der Waals surface area contributed by atoms with Gasteiger partial charge in [-0.1, -0.05) is 18.5 Å². The maximum atomic E-state index is 13.5. The number of methoxy groups -OCH3 is 1. The van der Waals surface area contributed by atoms with Gasteiger partial charge in [-0.2, -0.15) is 0 Å². The number of rotatable bonds is 9. The largest absolute Gasteiger partial charge is 0.497 e. The first-order valence-corrected chi connectivity index (χ1v) is 15.9. The Labute approximate surface area is 262 Å². The summed E-state index contributed by atoms with van der Waals surface area (Å²) in [5.41, 5.74) is 1.31. The van der Waals surface area contributed by atoms with Crippen LogP contribution in [-0.4, -0.2) is 81.3 Å². The number of nitrogens with zero attached hydrogens (tertiary/aromatic N) is 2. The monoisotopic (exact) mass is 644 g/mol. The summed E-state index contributed by atoms with van der Waals surface area (Å²) in [5, 5.41) is 13.2. The predicted octanol–water partition coefficient (Wildman–Crippen LogP) is 4.46. The van der Waals surface area contributed by atoms with Gasteiger partial charge in [-0.15, -0.1) is 0 Å². The molecule has 0 unspecified atom stereocenters. The highest BCUT2D eigenvalue weighted by atomic mass is 35.5. The summed E-state index contributed by atoms with van der Waals surface area (Å²) in [6, 6.07) is 16.7. The van der Waals surface area contributed by atoms with Crippen LogP contribution in [0.5, 0.6) is 11.5 Å². The Kier molecular flexibility index (Phi) is 10.6. The highest BCUT2D eigenvalue weighted by Gasteiger charge is 2.32. The number of aliphatic hydroxyl groups is 1. The fraction of sp³-hybridized carbons (Fsp3) is 0.355. The van der Waals surface area contributed by atoms with Crippen molar-refractivity contribution in [1.82, 2.24) is 9.80 Å². The van der Waals surface area contributed by atoms with Crippen LogP contribution in [0, 0.1) is 5.92 Å². The van der Waals surface area contributed by atoms with E-state index in [1.807, 2.05) is 6.92 Å². The summed E-state index contributed by atoms with van der Waals surface area (Å²) >= 11 is 5.91. The summed E-state index contributed by atoms with van der Waals surface area (Å²) in [6.07, 6.45) is -0.625. The van der Waals surface area contributed by atoms with Crippen molar-refractivity contribution in [2.45, 2.75) is 37.3 Å². The number of fused-ring (bicyclic) bond motifs is 1. The molecule has 3 N–H and O–H groups in total. The van der Waals surface area contributed by atoms with Crippen molar-refractivity contribution in [2.24, 2.45) is 5.92 Å². The lowest BCUT2D eigenvalue weighted by molar-refractivity contribution is -0.134. The van der Waals surface area contributed by atoms with E-state index in [-0.39, 0.29) is 54.6 Å². The number of sulfonamides is 1. The second kappa shape index (κ2) is 14.2. The Morgan fingerprint density at radius 1 is 1.14 bits per heavy atom. The molecule has 0 spiro atoms. The van der Waals surface area contributed by atoms with E-state index in [4.69, 9.17) is 21.1 Å². The molecule has 0 bridgehead atoms. The van der Waals surface area contributed by atoms with Gasteiger partial charge >= 0.3 is 6.03 Å². The molecule has 0 fully saturated rings. The molecule has 0 aromatic heterocycles. The van der Waals surface area contributed by atoms with Crippen molar-refractivity contribution in [3.8, 4) is 11.5 Å². The quantitative estimate of drug-likeness (QED) is 0.313. The minimum Gasteiger partial charge on any atom is -0.497 e. The van der Waals surface area contributed by atoms with Crippen LogP contribution in [0.4, 0.5) is 16.2 Å². The topological polar surface area (TPSA) is 138 Å². The number of likely N-dealkylation sites (N-methyl/N-ethyl adjacent to an activating group) is 1. The van der Waals surface area contributed by atoms with E-state index in [2.05, 4.69) is 10.0 Å². The van der Waals surface area contributed by atoms with Crippen molar-refractivity contribution < 1.29 is 32.6 Å². The summed E-state index contributed by atoms with van der Waals surface area (Å²) in [6.45, 7) is 3.91. The molecule has 1 heterocycles. The third-order valence-electron chi connectivity index (χ3n) is 7.43. The number of amides is 3. The zero-order valence-corrected chi connectivity index (χ0v) is 26.6. The van der Waals surface area contributed by atoms with Gasteiger partial charge in [0, 0.05) is 41.5 Å². The second-order valence-electron chi connectivity index (χ2n) is 10.8. The summed E-state index contributed by atoms with van der Waals surface area (Å²) < 4.78 is 40.2. The highest BCUT2D eigenvalue weighted by molar-refractivity contribution is 7.92. The zero-order chi connectivity index (χ0) is 32.0. The van der Waals surface area contributed by atoms with E-state index in [1.54, 1.807) is 68.4 Å². The molecule has 44 heavy (non-hydrogen) atoms. The van der Waals surface area contributed by atoms with Gasteiger partial charge in [-0.05, 0) is 73.7 Å². The first-order valence-electron chi connectivity index (χ1n) is 14.0. The molecule has 0 radical (unpaired) electrons. The van der Waals surface area contributed by atoms with E-state index in [9.17, 15) is 23.1 Å². The lowest BCUT2D eigenvalue weighted by Crippen LogP contribution is -2.48. The van der Waals surface area contributed by atoms with Crippen LogP contribution in [0.25, 0.3) is 0 Å².